The van der Waals surface area contributed by atoms with Gasteiger partial charge in [-0.1, -0.05) is 30.3 Å². The van der Waals surface area contributed by atoms with Gasteiger partial charge >= 0.3 is 23.9 Å². The molecule has 5 aliphatic rings. The number of hydrogen-bond donors (Lipinski definition) is 15. The average Bonchev–Trinajstić information content (AvgIpc) is 1.72. The van der Waals surface area contributed by atoms with Crippen LogP contribution >= 0.6 is 0 Å². The van der Waals surface area contributed by atoms with Crippen LogP contribution < -0.4 is 9.47 Å². The van der Waals surface area contributed by atoms with Gasteiger partial charge in [-0.15, -0.1) is 0 Å². The molecule has 34 heteroatoms. The van der Waals surface area contributed by atoms with Crippen molar-refractivity contribution >= 4 is 36.0 Å². The number of ether oxygens (including phenoxy) is 15. The average molecular weight is 1330 g/mol. The van der Waals surface area contributed by atoms with E-state index in [0.29, 0.717) is 0 Å². The van der Waals surface area contributed by atoms with Gasteiger partial charge < -0.3 is 148 Å². The molecule has 5 saturated heterocycles. The number of aliphatic hydroxyl groups is 13. The van der Waals surface area contributed by atoms with Gasteiger partial charge in [-0.05, 0) is 59.7 Å². The number of rotatable bonds is 25. The molecule has 3 aromatic carbocycles. The number of methoxy groups -OCH3 is 2. The number of phenols is 2. The van der Waals surface area contributed by atoms with Crippen molar-refractivity contribution in [3.63, 3.8) is 0 Å². The molecule has 5 fully saturated rings. The van der Waals surface area contributed by atoms with Crippen LogP contribution in [0.1, 0.15) is 28.4 Å². The van der Waals surface area contributed by atoms with E-state index in [2.05, 4.69) is 0 Å². The van der Waals surface area contributed by atoms with Gasteiger partial charge in [0, 0.05) is 19.1 Å². The molecular formula is C59H74O34. The summed E-state index contributed by atoms with van der Waals surface area (Å²) in [7, 11) is 2.52. The molecule has 5 heterocycles. The lowest BCUT2D eigenvalue weighted by molar-refractivity contribution is -0.423. The SMILES string of the molecule is COc1cc(C=CC(=O)OC[C@@]2(O[C@H]3O[C@H](CO)[C@@H](OC(=O)C=Cc4ccc(O)c(OC)c4)[C@H](O[C@@H]4O[C@H](COC(C)=O)[C@@H](O)[C@H](O[C@@H]5O[C@H](CO)[C@@H](O)[C@H](O)[C@H]5O)[C@H]4O)[C@H]3O[C@@H]3O[C@H](CO)[C@@H](O)[C@H](O)[C@H]3O)O[C@H](CO)[C@@H](O)[C@@H]2OC(=O)c2ccccc2)ccc1O. The molecule has 0 aliphatic carbocycles. The monoisotopic (exact) mass is 1330 g/mol. The van der Waals surface area contributed by atoms with Gasteiger partial charge in [-0.25, -0.2) is 14.4 Å². The fourth-order valence-corrected chi connectivity index (χ4v) is 10.6. The summed E-state index contributed by atoms with van der Waals surface area (Å²) in [5, 5.41) is 165. The van der Waals surface area contributed by atoms with E-state index in [0.717, 1.165) is 19.1 Å². The first kappa shape index (κ1) is 72.2. The summed E-state index contributed by atoms with van der Waals surface area (Å²) in [6, 6.07) is 14.9. The predicted molar refractivity (Wildman–Crippen MR) is 301 cm³/mol. The summed E-state index contributed by atoms with van der Waals surface area (Å²) >= 11 is 0. The number of carbonyl (C=O) groups excluding carboxylic acids is 4. The molecule has 3 aromatic rings. The number of carbonyl (C=O) groups is 4. The van der Waals surface area contributed by atoms with E-state index in [9.17, 15) is 95.8 Å². The molecule has 0 aromatic heterocycles. The molecule has 93 heavy (non-hydrogen) atoms. The van der Waals surface area contributed by atoms with Crippen LogP contribution in [0.2, 0.25) is 0 Å². The van der Waals surface area contributed by atoms with Crippen LogP contribution in [0.3, 0.4) is 0 Å². The summed E-state index contributed by atoms with van der Waals surface area (Å²) in [5.74, 6) is -8.27. The van der Waals surface area contributed by atoms with Gasteiger partial charge in [-0.2, -0.15) is 0 Å². The van der Waals surface area contributed by atoms with Crippen molar-refractivity contribution in [1.29, 1.82) is 0 Å². The first-order valence-electron chi connectivity index (χ1n) is 28.8. The highest BCUT2D eigenvalue weighted by atomic mass is 16.8. The highest BCUT2D eigenvalue weighted by molar-refractivity contribution is 5.90. The first-order valence-corrected chi connectivity index (χ1v) is 28.8. The van der Waals surface area contributed by atoms with Crippen molar-refractivity contribution in [2.45, 2.75) is 154 Å². The lowest BCUT2D eigenvalue weighted by Crippen LogP contribution is -2.69. The van der Waals surface area contributed by atoms with Gasteiger partial charge in [0.2, 0.25) is 5.79 Å². The highest BCUT2D eigenvalue weighted by Crippen LogP contribution is 2.43. The van der Waals surface area contributed by atoms with Crippen molar-refractivity contribution in [2.75, 3.05) is 53.9 Å². The Kier molecular flexibility index (Phi) is 25.0. The van der Waals surface area contributed by atoms with Crippen LogP contribution in [0.15, 0.2) is 78.9 Å². The fourth-order valence-electron chi connectivity index (χ4n) is 10.6. The Morgan fingerprint density at radius 1 is 0.495 bits per heavy atom. The Labute approximate surface area is 527 Å². The number of aromatic hydroxyl groups is 2. The van der Waals surface area contributed by atoms with Gasteiger partial charge in [0.05, 0.1) is 46.2 Å². The van der Waals surface area contributed by atoms with Crippen LogP contribution in [0.25, 0.3) is 12.2 Å². The third kappa shape index (κ3) is 16.7. The Bertz CT molecular complexity index is 3020. The van der Waals surface area contributed by atoms with Gasteiger partial charge in [0.25, 0.3) is 0 Å². The molecule has 5 aliphatic heterocycles. The van der Waals surface area contributed by atoms with Crippen LogP contribution in [0.5, 0.6) is 23.0 Å². The number of hydrogen-bond acceptors (Lipinski definition) is 34. The van der Waals surface area contributed by atoms with E-state index < -0.39 is 210 Å². The van der Waals surface area contributed by atoms with Crippen LogP contribution in [0.4, 0.5) is 0 Å². The molecule has 0 amide bonds. The van der Waals surface area contributed by atoms with Crippen molar-refractivity contribution in [3.05, 3.63) is 95.6 Å². The van der Waals surface area contributed by atoms with E-state index in [1.54, 1.807) is 6.07 Å². The van der Waals surface area contributed by atoms with Crippen molar-refractivity contribution in [1.82, 2.24) is 0 Å². The molecule has 0 unspecified atom stereocenters. The van der Waals surface area contributed by atoms with E-state index in [-0.39, 0.29) is 39.7 Å². The zero-order chi connectivity index (χ0) is 67.6. The molecule has 514 valence electrons. The Morgan fingerprint density at radius 3 is 1.52 bits per heavy atom. The normalized spacial score (nSPS) is 36.3. The molecule has 0 radical (unpaired) electrons. The Balaban J connectivity index is 1.28. The van der Waals surface area contributed by atoms with Gasteiger partial charge in [0.1, 0.15) is 117 Å². The zero-order valence-electron chi connectivity index (χ0n) is 49.6. The summed E-state index contributed by atoms with van der Waals surface area (Å²) in [6.45, 7) is -5.65. The maximum atomic E-state index is 14.3. The standard InChI is InChI=1S/C59H74O34/c1-25(64)81-23-37-42(71)50(88-55-46(75)44(73)40(69)33(19-60)83-55)48(77)57(86-37)89-51-49(87-39(68)16-12-27-10-14-30(66)32(18-27)80-3)36(22-63)85-58(52(51)90-56-47(76)45(74)41(70)34(20-61)84-56)93-59(24-82-38(67)15-11-26-9-13-29(65)31(17-26)79-2)53(43(72)35(21-62)92-59)91-54(78)28-7-5-4-6-8-28/h4-18,33-37,40-53,55-58,60-63,65-66,69-77H,19-24H2,1-3H3/t33-,34-,35-,36-,37-,40-,41-,42-,43-,44+,45+,46-,47-,48-,49-,50+,51+,52-,53+,55+,56+,57+,58-,59+/m1/s1. The van der Waals surface area contributed by atoms with E-state index >= 15 is 0 Å². The lowest BCUT2D eigenvalue weighted by Gasteiger charge is -2.51. The van der Waals surface area contributed by atoms with Crippen molar-refractivity contribution < 1.29 is 167 Å². The van der Waals surface area contributed by atoms with Crippen LogP contribution in [-0.2, 0) is 76.0 Å². The Morgan fingerprint density at radius 2 is 0.989 bits per heavy atom. The highest BCUT2D eigenvalue weighted by Gasteiger charge is 2.64. The van der Waals surface area contributed by atoms with Gasteiger partial charge in [-0.3, -0.25) is 4.79 Å². The van der Waals surface area contributed by atoms with Gasteiger partial charge in [0.15, 0.2) is 60.4 Å². The number of aliphatic hydroxyl groups excluding tert-OH is 13. The smallest absolute Gasteiger partial charge is 0.338 e. The quantitative estimate of drug-likeness (QED) is 0.0214. The van der Waals surface area contributed by atoms with Crippen LogP contribution in [0, 0.1) is 0 Å². The predicted octanol–water partition coefficient (Wildman–Crippen LogP) is -5.53. The summed E-state index contributed by atoms with van der Waals surface area (Å²) in [5.41, 5.74) is 0.343. The molecule has 0 bridgehead atoms. The van der Waals surface area contributed by atoms with Crippen molar-refractivity contribution in [2.24, 2.45) is 0 Å². The first-order chi connectivity index (χ1) is 44.4. The minimum atomic E-state index is -3.00. The minimum absolute atomic E-state index is 0.00886. The largest absolute Gasteiger partial charge is 0.504 e. The second-order valence-electron chi connectivity index (χ2n) is 21.7. The second kappa shape index (κ2) is 32.2. The molecule has 0 saturated carbocycles. The molecular weight excluding hydrogens is 1250 g/mol. The van der Waals surface area contributed by atoms with Crippen LogP contribution in [-0.4, -0.2) is 301 Å². The molecule has 0 spiro atoms. The van der Waals surface area contributed by atoms with Crippen molar-refractivity contribution in [3.8, 4) is 23.0 Å². The fraction of sp³-hybridized carbons (Fsp3) is 0.559. The lowest BCUT2D eigenvalue weighted by atomic mass is 9.95. The number of phenolic OH excluding ortho intramolecular Hbond substituents is 2. The number of esters is 4. The third-order valence-corrected chi connectivity index (χ3v) is 15.5. The third-order valence-electron chi connectivity index (χ3n) is 15.5. The maximum absolute atomic E-state index is 14.3. The summed E-state index contributed by atoms with van der Waals surface area (Å²) in [4.78, 5) is 54.5. The molecule has 8 rings (SSSR count). The molecule has 15 N–H and O–H groups in total. The Hall–Kier alpha value is -6.66. The van der Waals surface area contributed by atoms with E-state index in [1.807, 2.05) is 0 Å². The second-order valence-corrected chi connectivity index (χ2v) is 21.7. The molecule has 24 atom stereocenters. The number of benzene rings is 3. The maximum Gasteiger partial charge on any atom is 0.338 e. The summed E-state index contributed by atoms with van der Waals surface area (Å²) < 4.78 is 88.1. The summed E-state index contributed by atoms with van der Waals surface area (Å²) in [6.07, 6.45) is -45.6. The topological polar surface area (TPSA) is 510 Å². The van der Waals surface area contributed by atoms with E-state index in [1.165, 1.54) is 87.0 Å². The zero-order valence-corrected chi connectivity index (χ0v) is 49.6. The van der Waals surface area contributed by atoms with E-state index in [4.69, 9.17) is 71.1 Å². The molecule has 34 nitrogen and oxygen atoms in total. The minimum Gasteiger partial charge on any atom is -0.504 e.